The molecule has 5 heteroatoms. The molecule has 0 aliphatic rings. The van der Waals surface area contributed by atoms with Crippen LogP contribution in [0.5, 0.6) is 5.75 Å². The fourth-order valence-electron chi connectivity index (χ4n) is 2.10. The third-order valence-electron chi connectivity index (χ3n) is 3.51. The molecule has 4 nitrogen and oxygen atoms in total. The molecule has 0 aliphatic heterocycles. The van der Waals surface area contributed by atoms with Crippen molar-refractivity contribution in [3.63, 3.8) is 0 Å². The van der Waals surface area contributed by atoms with Crippen LogP contribution in [-0.2, 0) is 6.54 Å². The van der Waals surface area contributed by atoms with Crippen molar-refractivity contribution in [2.24, 2.45) is 10.7 Å². The normalized spacial score (nSPS) is 11.4. The zero-order chi connectivity index (χ0) is 16.8. The van der Waals surface area contributed by atoms with E-state index in [0.29, 0.717) is 19.1 Å². The van der Waals surface area contributed by atoms with Crippen molar-refractivity contribution in [2.75, 3.05) is 11.9 Å². The predicted octanol–water partition coefficient (Wildman–Crippen LogP) is 3.77. The highest BCUT2D eigenvalue weighted by Gasteiger charge is 2.04. The summed E-state index contributed by atoms with van der Waals surface area (Å²) in [6.45, 7) is 6.64. The maximum atomic E-state index is 13.8. The molecular formula is C18H22FN3O. The van der Waals surface area contributed by atoms with Crippen molar-refractivity contribution in [3.05, 3.63) is 58.9 Å². The number of guanidine groups is 1. The Morgan fingerprint density at radius 1 is 1.17 bits per heavy atom. The number of anilines is 1. The first-order valence-electron chi connectivity index (χ1n) is 7.55. The number of hydrogen-bond donors (Lipinski definition) is 2. The summed E-state index contributed by atoms with van der Waals surface area (Å²) >= 11 is 0. The van der Waals surface area contributed by atoms with Crippen molar-refractivity contribution in [1.29, 1.82) is 0 Å². The highest BCUT2D eigenvalue weighted by molar-refractivity contribution is 5.92. The molecule has 0 spiro atoms. The number of hydrogen-bond acceptors (Lipinski definition) is 2. The Morgan fingerprint density at radius 2 is 1.96 bits per heavy atom. The van der Waals surface area contributed by atoms with Crippen molar-refractivity contribution in [3.8, 4) is 5.75 Å². The van der Waals surface area contributed by atoms with Gasteiger partial charge in [-0.05, 0) is 61.7 Å². The van der Waals surface area contributed by atoms with E-state index in [9.17, 15) is 4.39 Å². The minimum Gasteiger partial charge on any atom is -0.491 e. The summed E-state index contributed by atoms with van der Waals surface area (Å²) in [5.41, 5.74) is 9.89. The molecule has 3 N–H and O–H groups in total. The fraction of sp³-hybridized carbons (Fsp3) is 0.278. The van der Waals surface area contributed by atoms with E-state index in [4.69, 9.17) is 10.5 Å². The van der Waals surface area contributed by atoms with Gasteiger partial charge in [0.2, 0.25) is 0 Å². The molecular weight excluding hydrogens is 293 g/mol. The van der Waals surface area contributed by atoms with Crippen LogP contribution in [0.4, 0.5) is 10.1 Å². The lowest BCUT2D eigenvalue weighted by Gasteiger charge is -2.09. The third-order valence-corrected chi connectivity index (χ3v) is 3.51. The first kappa shape index (κ1) is 16.8. The summed E-state index contributed by atoms with van der Waals surface area (Å²) in [5, 5.41) is 3.04. The minimum atomic E-state index is -0.389. The Morgan fingerprint density at radius 3 is 2.61 bits per heavy atom. The molecule has 0 fully saturated rings. The van der Waals surface area contributed by atoms with Gasteiger partial charge >= 0.3 is 0 Å². The molecule has 0 aliphatic carbocycles. The lowest BCUT2D eigenvalue weighted by atomic mass is 10.1. The van der Waals surface area contributed by atoms with Gasteiger partial charge in [-0.2, -0.15) is 0 Å². The molecule has 122 valence electrons. The molecule has 23 heavy (non-hydrogen) atoms. The van der Waals surface area contributed by atoms with Crippen LogP contribution in [0.25, 0.3) is 0 Å². The van der Waals surface area contributed by atoms with Gasteiger partial charge < -0.3 is 15.8 Å². The van der Waals surface area contributed by atoms with E-state index in [1.807, 2.05) is 32.0 Å². The number of rotatable bonds is 5. The Hall–Kier alpha value is -2.56. The van der Waals surface area contributed by atoms with E-state index in [2.05, 4.69) is 17.2 Å². The van der Waals surface area contributed by atoms with Crippen LogP contribution in [0.2, 0.25) is 0 Å². The maximum absolute atomic E-state index is 13.8. The molecule has 0 saturated heterocycles. The van der Waals surface area contributed by atoms with Gasteiger partial charge in [0, 0.05) is 5.69 Å². The molecule has 0 unspecified atom stereocenters. The van der Waals surface area contributed by atoms with Crippen LogP contribution in [0.15, 0.2) is 41.4 Å². The lowest BCUT2D eigenvalue weighted by molar-refractivity contribution is 0.321. The Bertz CT molecular complexity index is 713. The van der Waals surface area contributed by atoms with E-state index in [0.717, 1.165) is 11.3 Å². The Kier molecular flexibility index (Phi) is 5.57. The second kappa shape index (κ2) is 7.63. The van der Waals surface area contributed by atoms with Gasteiger partial charge in [0.05, 0.1) is 13.2 Å². The summed E-state index contributed by atoms with van der Waals surface area (Å²) in [5.74, 6) is 0.157. The van der Waals surface area contributed by atoms with Gasteiger partial charge in [0.1, 0.15) is 0 Å². The third kappa shape index (κ3) is 4.71. The number of benzene rings is 2. The molecule has 0 aromatic heterocycles. The SMILES string of the molecule is CCOc1ccc(CN=C(N)Nc2ccc(C)c(C)c2)cc1F. The molecule has 0 saturated carbocycles. The monoisotopic (exact) mass is 315 g/mol. The van der Waals surface area contributed by atoms with Crippen LogP contribution in [0.1, 0.15) is 23.6 Å². The summed E-state index contributed by atoms with van der Waals surface area (Å²) < 4.78 is 18.9. The summed E-state index contributed by atoms with van der Waals surface area (Å²) in [6, 6.07) is 10.8. The van der Waals surface area contributed by atoms with Crippen molar-refractivity contribution in [2.45, 2.75) is 27.3 Å². The number of ether oxygens (including phenoxy) is 1. The van der Waals surface area contributed by atoms with Crippen LogP contribution in [0, 0.1) is 19.7 Å². The van der Waals surface area contributed by atoms with Crippen molar-refractivity contribution in [1.82, 2.24) is 0 Å². The average Bonchev–Trinajstić information content (AvgIpc) is 2.51. The van der Waals surface area contributed by atoms with Gasteiger partial charge in [0.15, 0.2) is 17.5 Å². The molecule has 2 aromatic rings. The lowest BCUT2D eigenvalue weighted by Crippen LogP contribution is -2.22. The zero-order valence-electron chi connectivity index (χ0n) is 13.7. The topological polar surface area (TPSA) is 59.6 Å². The van der Waals surface area contributed by atoms with Crippen LogP contribution in [-0.4, -0.2) is 12.6 Å². The standard InChI is InChI=1S/C18H22FN3O/c1-4-23-17-8-6-14(10-16(17)19)11-21-18(20)22-15-7-5-12(2)13(3)9-15/h5-10H,4,11H2,1-3H3,(H3,20,21,22). The quantitative estimate of drug-likeness (QED) is 0.652. The second-order valence-electron chi connectivity index (χ2n) is 5.32. The number of nitrogens with zero attached hydrogens (tertiary/aromatic N) is 1. The molecule has 2 rings (SSSR count). The van der Waals surface area contributed by atoms with Gasteiger partial charge in [-0.25, -0.2) is 9.38 Å². The number of nitrogens with one attached hydrogen (secondary N) is 1. The summed E-state index contributed by atoms with van der Waals surface area (Å²) in [6.07, 6.45) is 0. The molecule has 0 bridgehead atoms. The number of nitrogens with two attached hydrogens (primary N) is 1. The second-order valence-corrected chi connectivity index (χ2v) is 5.32. The molecule has 0 heterocycles. The van der Waals surface area contributed by atoms with E-state index in [-0.39, 0.29) is 11.6 Å². The largest absolute Gasteiger partial charge is 0.491 e. The van der Waals surface area contributed by atoms with Crippen LogP contribution in [0.3, 0.4) is 0 Å². The number of aliphatic imine (C=N–C) groups is 1. The highest BCUT2D eigenvalue weighted by atomic mass is 19.1. The smallest absolute Gasteiger partial charge is 0.193 e. The van der Waals surface area contributed by atoms with Crippen molar-refractivity contribution >= 4 is 11.6 Å². The van der Waals surface area contributed by atoms with E-state index in [1.165, 1.54) is 17.2 Å². The predicted molar refractivity (Wildman–Crippen MR) is 92.4 cm³/mol. The van der Waals surface area contributed by atoms with Crippen molar-refractivity contribution < 1.29 is 9.13 Å². The van der Waals surface area contributed by atoms with Gasteiger partial charge in [-0.3, -0.25) is 0 Å². The van der Waals surface area contributed by atoms with E-state index < -0.39 is 0 Å². The fourth-order valence-corrected chi connectivity index (χ4v) is 2.10. The van der Waals surface area contributed by atoms with E-state index in [1.54, 1.807) is 12.1 Å². The van der Waals surface area contributed by atoms with Crippen LogP contribution >= 0.6 is 0 Å². The molecule has 0 amide bonds. The first-order valence-corrected chi connectivity index (χ1v) is 7.55. The number of halogens is 1. The number of aryl methyl sites for hydroxylation is 2. The summed E-state index contributed by atoms with van der Waals surface area (Å²) in [4.78, 5) is 4.23. The minimum absolute atomic E-state index is 0.251. The maximum Gasteiger partial charge on any atom is 0.193 e. The highest BCUT2D eigenvalue weighted by Crippen LogP contribution is 2.19. The molecule has 0 radical (unpaired) electrons. The zero-order valence-corrected chi connectivity index (χ0v) is 13.7. The summed E-state index contributed by atoms with van der Waals surface area (Å²) in [7, 11) is 0. The molecule has 2 aromatic carbocycles. The van der Waals surface area contributed by atoms with Crippen LogP contribution < -0.4 is 15.8 Å². The van der Waals surface area contributed by atoms with Gasteiger partial charge in [0.25, 0.3) is 0 Å². The van der Waals surface area contributed by atoms with E-state index >= 15 is 0 Å². The first-order chi connectivity index (χ1) is 11.0. The average molecular weight is 315 g/mol. The van der Waals surface area contributed by atoms with Gasteiger partial charge in [-0.15, -0.1) is 0 Å². The Labute approximate surface area is 136 Å². The Balaban J connectivity index is 2.01. The van der Waals surface area contributed by atoms with Gasteiger partial charge in [-0.1, -0.05) is 12.1 Å². The molecule has 0 atom stereocenters.